The molecule has 2 saturated heterocycles. The van der Waals surface area contributed by atoms with Gasteiger partial charge in [-0.05, 0) is 44.1 Å². The second-order valence-corrected chi connectivity index (χ2v) is 7.76. The summed E-state index contributed by atoms with van der Waals surface area (Å²) < 4.78 is 10.8. The Bertz CT molecular complexity index is 664. The Hall–Kier alpha value is -2.02. The Kier molecular flexibility index (Phi) is 5.66. The van der Waals surface area contributed by atoms with Gasteiger partial charge in [0, 0.05) is 31.5 Å². The number of H-pyrrole nitrogens is 1. The van der Waals surface area contributed by atoms with E-state index in [2.05, 4.69) is 4.98 Å². The fourth-order valence-corrected chi connectivity index (χ4v) is 4.20. The van der Waals surface area contributed by atoms with E-state index in [9.17, 15) is 9.59 Å². The highest BCUT2D eigenvalue weighted by Crippen LogP contribution is 2.37. The molecule has 4 rings (SSSR count). The number of likely N-dealkylation sites (tertiary alicyclic amines) is 1. The molecule has 3 heterocycles. The van der Waals surface area contributed by atoms with E-state index in [0.717, 1.165) is 49.9 Å². The van der Waals surface area contributed by atoms with Crippen LogP contribution < -0.4 is 0 Å². The predicted molar refractivity (Wildman–Crippen MR) is 99.8 cm³/mol. The van der Waals surface area contributed by atoms with Gasteiger partial charge in [0.15, 0.2) is 0 Å². The van der Waals surface area contributed by atoms with E-state index in [1.807, 2.05) is 17.2 Å². The number of hydrogen-bond acceptors (Lipinski definition) is 4. The minimum atomic E-state index is -0.298. The molecule has 1 N–H and O–H groups in total. The summed E-state index contributed by atoms with van der Waals surface area (Å²) in [6, 6.07) is 1.86. The van der Waals surface area contributed by atoms with Crippen molar-refractivity contribution in [3.8, 4) is 0 Å². The normalized spacial score (nSPS) is 23.8. The Balaban J connectivity index is 1.39. The van der Waals surface area contributed by atoms with Crippen molar-refractivity contribution < 1.29 is 19.1 Å². The molecule has 0 aromatic carbocycles. The van der Waals surface area contributed by atoms with Gasteiger partial charge in [-0.2, -0.15) is 0 Å². The zero-order valence-corrected chi connectivity index (χ0v) is 15.8. The van der Waals surface area contributed by atoms with Crippen molar-refractivity contribution in [1.82, 2.24) is 14.8 Å². The summed E-state index contributed by atoms with van der Waals surface area (Å²) in [6.45, 7) is 3.25. The fourth-order valence-electron chi connectivity index (χ4n) is 4.20. The van der Waals surface area contributed by atoms with Crippen LogP contribution in [0.4, 0.5) is 4.79 Å². The van der Waals surface area contributed by atoms with Crippen LogP contribution in [0.25, 0.3) is 0 Å². The number of carbonyl (C=O) groups excluding carboxylic acids is 2. The molecule has 0 spiro atoms. The first kappa shape index (κ1) is 18.3. The predicted octanol–water partition coefficient (Wildman–Crippen LogP) is 2.75. The molecule has 7 heteroatoms. The van der Waals surface area contributed by atoms with Gasteiger partial charge < -0.3 is 24.3 Å². The van der Waals surface area contributed by atoms with E-state index in [1.165, 1.54) is 6.42 Å². The lowest BCUT2D eigenvalue weighted by atomic mass is 9.81. The van der Waals surface area contributed by atoms with Crippen molar-refractivity contribution in [2.24, 2.45) is 0 Å². The monoisotopic (exact) mass is 375 g/mol. The van der Waals surface area contributed by atoms with Gasteiger partial charge in [0.05, 0.1) is 24.8 Å². The van der Waals surface area contributed by atoms with E-state index in [0.29, 0.717) is 32.2 Å². The average molecular weight is 375 g/mol. The van der Waals surface area contributed by atoms with E-state index in [1.54, 1.807) is 4.90 Å². The smallest absolute Gasteiger partial charge is 0.409 e. The Labute approximate surface area is 160 Å². The van der Waals surface area contributed by atoms with Crippen LogP contribution in [0.5, 0.6) is 0 Å². The summed E-state index contributed by atoms with van der Waals surface area (Å²) >= 11 is 0. The largest absolute Gasteiger partial charge is 0.447 e. The van der Waals surface area contributed by atoms with Crippen LogP contribution in [0.3, 0.4) is 0 Å². The van der Waals surface area contributed by atoms with E-state index in [-0.39, 0.29) is 24.6 Å². The van der Waals surface area contributed by atoms with Crippen molar-refractivity contribution in [2.75, 3.05) is 39.5 Å². The summed E-state index contributed by atoms with van der Waals surface area (Å²) in [6.07, 6.45) is 8.07. The minimum absolute atomic E-state index is 0.0413. The number of amides is 2. The van der Waals surface area contributed by atoms with E-state index in [4.69, 9.17) is 9.47 Å². The van der Waals surface area contributed by atoms with Crippen molar-refractivity contribution >= 4 is 12.0 Å². The first-order chi connectivity index (χ1) is 13.2. The minimum Gasteiger partial charge on any atom is -0.447 e. The lowest BCUT2D eigenvalue weighted by Crippen LogP contribution is -2.48. The molecule has 148 valence electrons. The molecular weight excluding hydrogens is 346 g/mol. The molecule has 3 fully saturated rings. The average Bonchev–Trinajstić information content (AvgIpc) is 3.14. The molecule has 0 radical (unpaired) electrons. The molecule has 2 amide bonds. The number of carbonyl (C=O) groups is 2. The number of piperidine rings is 1. The van der Waals surface area contributed by atoms with Crippen molar-refractivity contribution in [3.63, 3.8) is 0 Å². The molecule has 3 aliphatic rings. The number of hydrogen-bond donors (Lipinski definition) is 1. The van der Waals surface area contributed by atoms with Crippen molar-refractivity contribution in [1.29, 1.82) is 0 Å². The van der Waals surface area contributed by atoms with Gasteiger partial charge in [0.25, 0.3) is 5.91 Å². The summed E-state index contributed by atoms with van der Waals surface area (Å²) in [5.41, 5.74) is 1.88. The maximum absolute atomic E-state index is 13.2. The molecule has 1 atom stereocenters. The Morgan fingerprint density at radius 1 is 1.11 bits per heavy atom. The summed E-state index contributed by atoms with van der Waals surface area (Å²) in [4.78, 5) is 32.4. The third-order valence-electron chi connectivity index (χ3n) is 6.08. The number of morpholine rings is 1. The van der Waals surface area contributed by atoms with Gasteiger partial charge in [0.2, 0.25) is 0 Å². The van der Waals surface area contributed by atoms with Crippen molar-refractivity contribution in [3.05, 3.63) is 23.5 Å². The molecular formula is C20H29N3O4. The van der Waals surface area contributed by atoms with Crippen LogP contribution in [-0.4, -0.2) is 72.3 Å². The third kappa shape index (κ3) is 3.98. The van der Waals surface area contributed by atoms with E-state index >= 15 is 0 Å². The van der Waals surface area contributed by atoms with Crippen LogP contribution >= 0.6 is 0 Å². The van der Waals surface area contributed by atoms with Crippen molar-refractivity contribution in [2.45, 2.75) is 50.5 Å². The highest BCUT2D eigenvalue weighted by Gasteiger charge is 2.33. The molecule has 1 unspecified atom stereocenters. The quantitative estimate of drug-likeness (QED) is 0.878. The zero-order valence-electron chi connectivity index (χ0n) is 15.8. The van der Waals surface area contributed by atoms with Crippen LogP contribution in [0.15, 0.2) is 12.3 Å². The molecule has 0 bridgehead atoms. The maximum atomic E-state index is 13.2. The molecule has 1 aromatic rings. The second-order valence-electron chi connectivity index (χ2n) is 7.76. The number of aromatic amines is 1. The first-order valence-corrected chi connectivity index (χ1v) is 10.2. The Morgan fingerprint density at radius 3 is 2.67 bits per heavy atom. The zero-order chi connectivity index (χ0) is 18.6. The van der Waals surface area contributed by atoms with Crippen LogP contribution in [0, 0.1) is 0 Å². The lowest BCUT2D eigenvalue weighted by Gasteiger charge is -2.36. The SMILES string of the molecule is O=C(OCC1CCCCN1C(=O)c1cc[nH]c1C1CCC1)N1CCOCC1. The van der Waals surface area contributed by atoms with Gasteiger partial charge >= 0.3 is 6.09 Å². The number of nitrogens with zero attached hydrogens (tertiary/aromatic N) is 2. The number of aromatic nitrogens is 1. The Morgan fingerprint density at radius 2 is 1.93 bits per heavy atom. The molecule has 2 aliphatic heterocycles. The molecule has 1 aromatic heterocycles. The van der Waals surface area contributed by atoms with Crippen LogP contribution in [0.1, 0.15) is 60.5 Å². The summed E-state index contributed by atoms with van der Waals surface area (Å²) in [7, 11) is 0. The highest BCUT2D eigenvalue weighted by atomic mass is 16.6. The van der Waals surface area contributed by atoms with Gasteiger partial charge in [0.1, 0.15) is 6.61 Å². The van der Waals surface area contributed by atoms with Gasteiger partial charge in [-0.25, -0.2) is 4.79 Å². The van der Waals surface area contributed by atoms with Crippen LogP contribution in [-0.2, 0) is 9.47 Å². The number of rotatable bonds is 4. The third-order valence-corrected chi connectivity index (χ3v) is 6.08. The molecule has 1 saturated carbocycles. The van der Waals surface area contributed by atoms with Crippen LogP contribution in [0.2, 0.25) is 0 Å². The topological polar surface area (TPSA) is 74.9 Å². The van der Waals surface area contributed by atoms with Gasteiger partial charge in [-0.3, -0.25) is 4.79 Å². The van der Waals surface area contributed by atoms with E-state index < -0.39 is 0 Å². The van der Waals surface area contributed by atoms with Gasteiger partial charge in [-0.15, -0.1) is 0 Å². The maximum Gasteiger partial charge on any atom is 0.409 e. The van der Waals surface area contributed by atoms with Gasteiger partial charge in [-0.1, -0.05) is 6.42 Å². The highest BCUT2D eigenvalue weighted by molar-refractivity contribution is 5.96. The lowest BCUT2D eigenvalue weighted by molar-refractivity contribution is 0.0130. The second kappa shape index (κ2) is 8.33. The first-order valence-electron chi connectivity index (χ1n) is 10.2. The summed E-state index contributed by atoms with van der Waals surface area (Å²) in [5, 5.41) is 0. The number of nitrogens with one attached hydrogen (secondary N) is 1. The molecule has 1 aliphatic carbocycles. The molecule has 27 heavy (non-hydrogen) atoms. The number of ether oxygens (including phenoxy) is 2. The molecule has 7 nitrogen and oxygen atoms in total. The summed E-state index contributed by atoms with van der Waals surface area (Å²) in [5.74, 6) is 0.562. The standard InChI is InChI=1S/C20H29N3O4/c24-19(17-7-8-21-18(17)15-4-3-5-15)23-9-2-1-6-16(23)14-27-20(25)22-10-12-26-13-11-22/h7-8,15-16,21H,1-6,9-14H2. The fraction of sp³-hybridized carbons (Fsp3) is 0.700.